The number of aliphatic hydroxyl groups excluding tert-OH is 2. The summed E-state index contributed by atoms with van der Waals surface area (Å²) in [7, 11) is 5.14. The summed E-state index contributed by atoms with van der Waals surface area (Å²) in [4.78, 5) is 45.4. The number of anilines is 1. The number of aliphatic hydroxyl groups is 3. The first kappa shape index (κ1) is 28.1. The van der Waals surface area contributed by atoms with Crippen molar-refractivity contribution in [3.63, 3.8) is 0 Å². The Labute approximate surface area is 233 Å². The molecule has 5 atom stereocenters. The second kappa shape index (κ2) is 9.60. The van der Waals surface area contributed by atoms with Crippen LogP contribution in [0.15, 0.2) is 23.0 Å². The van der Waals surface area contributed by atoms with Crippen LogP contribution in [0.25, 0.3) is 5.76 Å². The highest BCUT2D eigenvalue weighted by Gasteiger charge is 2.64. The molecule has 0 saturated heterocycles. The van der Waals surface area contributed by atoms with Gasteiger partial charge in [0.15, 0.2) is 11.4 Å². The highest BCUT2D eigenvalue weighted by molar-refractivity contribution is 6.24. The summed E-state index contributed by atoms with van der Waals surface area (Å²) < 4.78 is 0. The minimum Gasteiger partial charge on any atom is -0.508 e. The van der Waals surface area contributed by atoms with Crippen LogP contribution in [0.5, 0.6) is 5.75 Å². The lowest BCUT2D eigenvalue weighted by molar-refractivity contribution is -0.153. The molecule has 1 fully saturated rings. The van der Waals surface area contributed by atoms with Gasteiger partial charge in [0, 0.05) is 36.8 Å². The summed E-state index contributed by atoms with van der Waals surface area (Å²) in [5.41, 5.74) is 4.48. The van der Waals surface area contributed by atoms with Gasteiger partial charge in [-0.15, -0.1) is 0 Å². The number of likely N-dealkylation sites (N-methyl/N-ethyl adjacent to an activating group) is 1. The summed E-state index contributed by atoms with van der Waals surface area (Å²) in [6.07, 6.45) is 1.22. The Morgan fingerprint density at radius 1 is 1.18 bits per heavy atom. The van der Waals surface area contributed by atoms with Crippen LogP contribution in [0, 0.1) is 11.8 Å². The van der Waals surface area contributed by atoms with Crippen molar-refractivity contribution in [2.75, 3.05) is 45.7 Å². The number of aromatic hydroxyl groups is 1. The monoisotopic (exact) mass is 554 g/mol. The number of benzene rings is 1. The lowest BCUT2D eigenvalue weighted by atomic mass is 9.57. The summed E-state index contributed by atoms with van der Waals surface area (Å²) in [6.45, 7) is 6.61. The molecule has 1 unspecified atom stereocenters. The third kappa shape index (κ3) is 3.64. The number of phenols is 1. The van der Waals surface area contributed by atoms with Crippen LogP contribution in [-0.4, -0.2) is 100 Å². The molecular formula is C29H38N4O7. The van der Waals surface area contributed by atoms with E-state index in [-0.39, 0.29) is 35.8 Å². The van der Waals surface area contributed by atoms with Crippen molar-refractivity contribution < 1.29 is 34.8 Å². The van der Waals surface area contributed by atoms with Crippen LogP contribution in [0.2, 0.25) is 0 Å². The Morgan fingerprint density at radius 3 is 2.40 bits per heavy atom. The van der Waals surface area contributed by atoms with E-state index in [0.717, 1.165) is 37.3 Å². The minimum absolute atomic E-state index is 0.0688. The van der Waals surface area contributed by atoms with E-state index >= 15 is 0 Å². The summed E-state index contributed by atoms with van der Waals surface area (Å²) >= 11 is 0. The second-order valence-electron chi connectivity index (χ2n) is 11.6. The lowest BCUT2D eigenvalue weighted by Gasteiger charge is -2.50. The van der Waals surface area contributed by atoms with E-state index in [2.05, 4.69) is 23.6 Å². The second-order valence-corrected chi connectivity index (χ2v) is 11.6. The van der Waals surface area contributed by atoms with Crippen molar-refractivity contribution in [3.05, 3.63) is 39.7 Å². The first-order valence-electron chi connectivity index (χ1n) is 13.8. The van der Waals surface area contributed by atoms with Gasteiger partial charge in [0.25, 0.3) is 5.91 Å². The first-order valence-corrected chi connectivity index (χ1v) is 13.8. The molecule has 216 valence electrons. The van der Waals surface area contributed by atoms with Crippen molar-refractivity contribution in [1.82, 2.24) is 9.80 Å². The van der Waals surface area contributed by atoms with Gasteiger partial charge < -0.3 is 31.1 Å². The van der Waals surface area contributed by atoms with E-state index in [1.165, 1.54) is 4.90 Å². The minimum atomic E-state index is -2.64. The van der Waals surface area contributed by atoms with Gasteiger partial charge in [0.05, 0.1) is 11.6 Å². The number of hydrogen-bond acceptors (Lipinski definition) is 10. The molecule has 1 saturated carbocycles. The Bertz CT molecular complexity index is 1380. The van der Waals surface area contributed by atoms with Crippen molar-refractivity contribution in [1.29, 1.82) is 0 Å². The topological polar surface area (TPSA) is 168 Å². The van der Waals surface area contributed by atoms with Gasteiger partial charge in [-0.05, 0) is 69.6 Å². The number of Topliss-reactive ketones (excluding diaryl/α,β-unsaturated/α-hetero) is 2. The number of carbonyl (C=O) groups is 3. The normalized spacial score (nSPS) is 29.9. The van der Waals surface area contributed by atoms with Crippen LogP contribution in [0.1, 0.15) is 49.4 Å². The molecule has 0 spiro atoms. The molecule has 0 aromatic heterocycles. The van der Waals surface area contributed by atoms with Gasteiger partial charge in [-0.1, -0.05) is 13.8 Å². The van der Waals surface area contributed by atoms with E-state index in [1.807, 2.05) is 7.05 Å². The molecule has 1 aliphatic heterocycles. The van der Waals surface area contributed by atoms with Crippen molar-refractivity contribution in [2.24, 2.45) is 17.6 Å². The molecule has 0 bridgehead atoms. The largest absolute Gasteiger partial charge is 0.508 e. The highest BCUT2D eigenvalue weighted by atomic mass is 16.3. The molecule has 1 heterocycles. The molecule has 4 aliphatic rings. The Kier molecular flexibility index (Phi) is 6.75. The molecule has 3 aliphatic carbocycles. The number of rotatable bonds is 5. The van der Waals surface area contributed by atoms with Gasteiger partial charge in [0.1, 0.15) is 22.8 Å². The predicted molar refractivity (Wildman–Crippen MR) is 148 cm³/mol. The van der Waals surface area contributed by atoms with Crippen molar-refractivity contribution in [3.8, 4) is 5.75 Å². The summed E-state index contributed by atoms with van der Waals surface area (Å²) in [6, 6.07) is 0.621. The average molecular weight is 555 g/mol. The third-order valence-electron chi connectivity index (χ3n) is 9.45. The van der Waals surface area contributed by atoms with Gasteiger partial charge in [0.2, 0.25) is 5.78 Å². The number of carbonyl (C=O) groups excluding carboxylic acids is 3. The standard InChI is InChI=1S/C29H38N4O7/c1-6-33(7-2)17-8-9-32(5)22-14(17)12-18(34)20-15(22)10-13-11-16-23(31(3)4)25(36)21(28(30)39)27(38)29(16,40)26(37)19(13)24(20)35/h12-13,16-17,23,34-35,38,40H,6-11H2,1-5H3,(H2,30,39)/t13-,16-,17?,23-,29+/m1/s1. The van der Waals surface area contributed by atoms with Crippen LogP contribution in [0.3, 0.4) is 0 Å². The Morgan fingerprint density at radius 2 is 1.82 bits per heavy atom. The molecular weight excluding hydrogens is 516 g/mol. The summed E-state index contributed by atoms with van der Waals surface area (Å²) in [5, 5.41) is 45.5. The lowest BCUT2D eigenvalue weighted by Crippen LogP contribution is -2.65. The number of hydrogen-bond donors (Lipinski definition) is 5. The SMILES string of the molecule is CCN(CC)C1CCN(C)c2c1cc(O)c1c2C[C@@H]2C[C@@H]3[C@@H](N(C)C)C(=O)C(C(N)=O)=C(O)[C@@]3(O)C(=O)C2=C1O. The van der Waals surface area contributed by atoms with Crippen molar-refractivity contribution >= 4 is 28.9 Å². The van der Waals surface area contributed by atoms with E-state index < -0.39 is 58.0 Å². The zero-order valence-electron chi connectivity index (χ0n) is 23.6. The predicted octanol–water partition coefficient (Wildman–Crippen LogP) is 1.19. The highest BCUT2D eigenvalue weighted by Crippen LogP contribution is 2.55. The maximum Gasteiger partial charge on any atom is 0.255 e. The molecule has 6 N–H and O–H groups in total. The van der Waals surface area contributed by atoms with Gasteiger partial charge >= 0.3 is 0 Å². The number of phenolic OH excluding ortho intramolecular Hbond substituents is 1. The number of amides is 1. The molecule has 11 heteroatoms. The van der Waals surface area contributed by atoms with Crippen LogP contribution in [-0.2, 0) is 20.8 Å². The van der Waals surface area contributed by atoms with Crippen molar-refractivity contribution in [2.45, 2.75) is 50.8 Å². The molecule has 1 aromatic rings. The Balaban J connectivity index is 1.73. The van der Waals surface area contributed by atoms with Gasteiger partial charge in [-0.3, -0.25) is 24.2 Å². The van der Waals surface area contributed by atoms with E-state index in [9.17, 15) is 34.8 Å². The van der Waals surface area contributed by atoms with E-state index in [4.69, 9.17) is 5.73 Å². The zero-order chi connectivity index (χ0) is 29.4. The zero-order valence-corrected chi connectivity index (χ0v) is 23.6. The molecule has 0 radical (unpaired) electrons. The molecule has 1 aromatic carbocycles. The number of nitrogens with two attached hydrogens (primary N) is 1. The van der Waals surface area contributed by atoms with E-state index in [1.54, 1.807) is 20.2 Å². The number of fused-ring (bicyclic) bond motifs is 5. The molecule has 40 heavy (non-hydrogen) atoms. The average Bonchev–Trinajstić information content (AvgIpc) is 2.87. The maximum absolute atomic E-state index is 14.0. The first-order chi connectivity index (χ1) is 18.8. The number of ketones is 2. The van der Waals surface area contributed by atoms with Crippen LogP contribution in [0.4, 0.5) is 5.69 Å². The fourth-order valence-corrected chi connectivity index (χ4v) is 7.66. The third-order valence-corrected chi connectivity index (χ3v) is 9.45. The fourth-order valence-electron chi connectivity index (χ4n) is 7.66. The number of nitrogens with zero attached hydrogens (tertiary/aromatic N) is 3. The molecule has 5 rings (SSSR count). The molecule has 11 nitrogen and oxygen atoms in total. The Hall–Kier alpha value is -3.41. The quantitative estimate of drug-likeness (QED) is 0.334. The van der Waals surface area contributed by atoms with Gasteiger partial charge in [-0.2, -0.15) is 0 Å². The van der Waals surface area contributed by atoms with Crippen LogP contribution < -0.4 is 10.6 Å². The van der Waals surface area contributed by atoms with Crippen LogP contribution >= 0.6 is 0 Å². The smallest absolute Gasteiger partial charge is 0.255 e. The van der Waals surface area contributed by atoms with E-state index in [0.29, 0.717) is 5.56 Å². The maximum atomic E-state index is 14.0. The summed E-state index contributed by atoms with van der Waals surface area (Å²) in [5.74, 6) is -6.43. The fraction of sp³-hybridized carbons (Fsp3) is 0.552. The number of primary amides is 1. The molecule has 1 amide bonds. The van der Waals surface area contributed by atoms with Gasteiger partial charge in [-0.25, -0.2) is 0 Å².